The number of nitrogens with two attached hydrogens (primary N) is 1. The molecule has 0 saturated carbocycles. The molecule has 4 N–H and O–H groups in total. The van der Waals surface area contributed by atoms with Crippen LogP contribution in [0.5, 0.6) is 0 Å². The molecule has 0 rings (SSSR count). The van der Waals surface area contributed by atoms with Gasteiger partial charge in [-0.3, -0.25) is 4.79 Å². The Balaban J connectivity index is -0.0000000463. The molecule has 0 heterocycles. The van der Waals surface area contributed by atoms with E-state index in [2.05, 4.69) is 18.5 Å². The minimum Gasteiger partial charge on any atom is -0.480 e. The Kier molecular flexibility index (Phi) is 49.1. The van der Waals surface area contributed by atoms with E-state index in [0.717, 1.165) is 11.8 Å². The number of Topliss-reactive ketones (excluding diaryl/α,β-unsaturated/α-hetero) is 1. The van der Waals surface area contributed by atoms with Crippen LogP contribution in [0, 0.1) is 0 Å². The second kappa shape index (κ2) is 27.9. The minimum atomic E-state index is -0.884. The van der Waals surface area contributed by atoms with Crippen LogP contribution in [0.25, 0.3) is 0 Å². The van der Waals surface area contributed by atoms with Gasteiger partial charge >= 0.3 is 5.97 Å². The number of halogens is 1. The van der Waals surface area contributed by atoms with Crippen molar-refractivity contribution < 1.29 is 14.7 Å². The first kappa shape index (κ1) is 44.0. The fourth-order valence-electron chi connectivity index (χ4n) is 0.467. The zero-order valence-electron chi connectivity index (χ0n) is 13.5. The Hall–Kier alpha value is -0.890. The maximum absolute atomic E-state index is 10.7. The number of hydrogen-bond donors (Lipinski definition) is 3. The number of hydrogen-bond acceptors (Lipinski definition) is 5. The van der Waals surface area contributed by atoms with E-state index < -0.39 is 10.7 Å². The quantitative estimate of drug-likeness (QED) is 0.440. The number of thiocarbonyl (C=S) groups is 1. The third kappa shape index (κ3) is 45.1. The summed E-state index contributed by atoms with van der Waals surface area (Å²) in [5.74, 6) is -0.708. The molecule has 8 heteroatoms. The van der Waals surface area contributed by atoms with Crippen LogP contribution in [0.2, 0.25) is 0 Å². The molecule has 0 amide bonds. The summed E-state index contributed by atoms with van der Waals surface area (Å²) >= 11 is 6.05. The van der Waals surface area contributed by atoms with E-state index in [1.165, 1.54) is 13.8 Å². The lowest BCUT2D eigenvalue weighted by atomic mass is 10.2. The topological polar surface area (TPSA) is 92.4 Å². The predicted octanol–water partition coefficient (Wildman–Crippen LogP) is 4.70. The molecule has 25 heavy (non-hydrogen) atoms. The Bertz CT molecular complexity index is 360. The van der Waals surface area contributed by atoms with Crippen LogP contribution >= 0.6 is 36.4 Å². The average molecular weight is 419 g/mol. The second-order valence-electron chi connectivity index (χ2n) is 4.31. The van der Waals surface area contributed by atoms with Crippen LogP contribution in [0.4, 0.5) is 0 Å². The summed E-state index contributed by atoms with van der Waals surface area (Å²) in [6.45, 7) is 14.3. The molecule has 5 nitrogen and oxygen atoms in total. The van der Waals surface area contributed by atoms with Gasteiger partial charge in [0.1, 0.15) is 14.9 Å². The van der Waals surface area contributed by atoms with Crippen molar-refractivity contribution in [3.8, 4) is 0 Å². The van der Waals surface area contributed by atoms with Crippen LogP contribution in [0.1, 0.15) is 50.0 Å². The highest BCUT2D eigenvalue weighted by Gasteiger charge is 2.29. The van der Waals surface area contributed by atoms with E-state index in [1.807, 2.05) is 0 Å². The molecule has 0 aromatic heterocycles. The molecule has 0 aliphatic heterocycles. The molecule has 0 atom stereocenters. The number of carboxylic acid groups (broad SMARTS) is 1. The zero-order valence-corrected chi connectivity index (χ0v) is 16.0. The molecule has 0 aliphatic carbocycles. The number of aliphatic carboxylic acids is 1. The number of ketones is 1. The number of carbonyl (C=O) groups excluding carboxylic acids is 1. The van der Waals surface area contributed by atoms with E-state index >= 15 is 0 Å². The van der Waals surface area contributed by atoms with Crippen molar-refractivity contribution in [2.75, 3.05) is 13.1 Å². The van der Waals surface area contributed by atoms with E-state index in [0.29, 0.717) is 17.4 Å². The molecular weight excluding hydrogens is 380 g/mol. The van der Waals surface area contributed by atoms with Crippen LogP contribution in [0.3, 0.4) is 0 Å². The molecule has 0 saturated heterocycles. The van der Waals surface area contributed by atoms with E-state index in [9.17, 15) is 9.59 Å². The fraction of sp³-hybridized carbons (Fsp3) is 0.588. The summed E-state index contributed by atoms with van der Waals surface area (Å²) in [5.41, 5.74) is 4.91. The highest BCUT2D eigenvalue weighted by atomic mass is 35.5. The average Bonchev–Trinajstić information content (AvgIpc) is 2.35. The van der Waals surface area contributed by atoms with Gasteiger partial charge in [-0.15, -0.1) is 25.6 Å². The third-order valence-electron chi connectivity index (χ3n) is 1.42. The summed E-state index contributed by atoms with van der Waals surface area (Å²) < 4.78 is -0.405. The SMILES string of the molecule is C.C.C.C=CCN.C=CCNC(=S)SC(C)(C)C(=O)O.CC(C)=O.Cl. The number of nitrogens with one attached hydrogen (secondary N) is 1. The molecule has 0 spiro atoms. The first-order valence-corrected chi connectivity index (χ1v) is 7.36. The molecule has 0 bridgehead atoms. The highest BCUT2D eigenvalue weighted by molar-refractivity contribution is 8.24. The van der Waals surface area contributed by atoms with Crippen LogP contribution < -0.4 is 11.1 Å². The molecule has 0 aromatic carbocycles. The van der Waals surface area contributed by atoms with Gasteiger partial charge in [-0.05, 0) is 27.7 Å². The Morgan fingerprint density at radius 2 is 1.52 bits per heavy atom. The van der Waals surface area contributed by atoms with Crippen molar-refractivity contribution in [3.63, 3.8) is 0 Å². The summed E-state index contributed by atoms with van der Waals surface area (Å²) in [5, 5.41) is 11.6. The lowest BCUT2D eigenvalue weighted by molar-refractivity contribution is -0.138. The van der Waals surface area contributed by atoms with Gasteiger partial charge in [0, 0.05) is 13.1 Å². The van der Waals surface area contributed by atoms with Crippen molar-refractivity contribution in [1.29, 1.82) is 0 Å². The maximum atomic E-state index is 10.7. The first-order chi connectivity index (χ1) is 9.54. The van der Waals surface area contributed by atoms with Crippen LogP contribution in [-0.2, 0) is 9.59 Å². The van der Waals surface area contributed by atoms with Crippen molar-refractivity contribution in [2.24, 2.45) is 5.73 Å². The summed E-state index contributed by atoms with van der Waals surface area (Å²) in [7, 11) is 0. The Labute approximate surface area is 171 Å². The molecule has 154 valence electrons. The number of carboxylic acids is 1. The zero-order chi connectivity index (χ0) is 17.5. The largest absolute Gasteiger partial charge is 0.480 e. The molecule has 0 aromatic rings. The first-order valence-electron chi connectivity index (χ1n) is 6.14. The van der Waals surface area contributed by atoms with Crippen LogP contribution in [0.15, 0.2) is 25.3 Å². The summed E-state index contributed by atoms with van der Waals surface area (Å²) in [4.78, 5) is 20.1. The Morgan fingerprint density at radius 3 is 1.72 bits per heavy atom. The van der Waals surface area contributed by atoms with Crippen molar-refractivity contribution >= 4 is 52.5 Å². The highest BCUT2D eigenvalue weighted by Crippen LogP contribution is 2.24. The van der Waals surface area contributed by atoms with Gasteiger partial charge in [-0.25, -0.2) is 0 Å². The van der Waals surface area contributed by atoms with E-state index in [1.54, 1.807) is 26.0 Å². The van der Waals surface area contributed by atoms with Crippen LogP contribution in [-0.4, -0.2) is 39.0 Å². The van der Waals surface area contributed by atoms with Gasteiger partial charge in [-0.2, -0.15) is 0 Å². The Morgan fingerprint density at radius 1 is 1.20 bits per heavy atom. The lowest BCUT2D eigenvalue weighted by Gasteiger charge is -2.18. The normalized spacial score (nSPS) is 7.56. The number of rotatable bonds is 5. The molecule has 0 fully saturated rings. The summed E-state index contributed by atoms with van der Waals surface area (Å²) in [6, 6.07) is 0. The smallest absolute Gasteiger partial charge is 0.319 e. The minimum absolute atomic E-state index is 0. The van der Waals surface area contributed by atoms with Crippen molar-refractivity contribution in [3.05, 3.63) is 25.3 Å². The fourth-order valence-corrected chi connectivity index (χ4v) is 1.88. The maximum Gasteiger partial charge on any atom is 0.319 e. The van der Waals surface area contributed by atoms with Gasteiger partial charge in [-0.1, -0.05) is 58.4 Å². The monoisotopic (exact) mass is 418 g/mol. The number of carbonyl (C=O) groups is 2. The second-order valence-corrected chi connectivity index (χ2v) is 6.61. The predicted molar refractivity (Wildman–Crippen MR) is 123 cm³/mol. The van der Waals surface area contributed by atoms with E-state index in [-0.39, 0.29) is 40.5 Å². The summed E-state index contributed by atoms with van der Waals surface area (Å²) in [6.07, 6.45) is 3.32. The lowest BCUT2D eigenvalue weighted by Crippen LogP contribution is -2.32. The third-order valence-corrected chi connectivity index (χ3v) is 2.83. The van der Waals surface area contributed by atoms with Gasteiger partial charge in [0.05, 0.1) is 0 Å². The van der Waals surface area contributed by atoms with Gasteiger partial charge < -0.3 is 21.0 Å². The van der Waals surface area contributed by atoms with E-state index in [4.69, 9.17) is 23.1 Å². The molecule has 0 unspecified atom stereocenters. The molecule has 0 aliphatic rings. The van der Waals surface area contributed by atoms with Crippen molar-refractivity contribution in [1.82, 2.24) is 5.32 Å². The van der Waals surface area contributed by atoms with Gasteiger partial charge in [0.15, 0.2) is 0 Å². The standard InChI is InChI=1S/C8H13NO2S2.C3H7N.C3H6O.3CH4.ClH/c1-4-5-9-7(12)13-8(2,3)6(10)11;1-2-3-4;1-3(2)4;;;;/h4H,1,5H2,2-3H3,(H,9,12)(H,10,11);2H,1,3-4H2;1-2H3;3*1H4;1H. The molecular formula is C17H39ClN2O3S2. The molecule has 0 radical (unpaired) electrons. The van der Waals surface area contributed by atoms with Gasteiger partial charge in [0.2, 0.25) is 0 Å². The number of thioether (sulfide) groups is 1. The van der Waals surface area contributed by atoms with Crippen molar-refractivity contribution in [2.45, 2.75) is 54.7 Å². The van der Waals surface area contributed by atoms with Gasteiger partial charge in [0.25, 0.3) is 0 Å².